The minimum Gasteiger partial charge on any atom is -0.330 e. The van der Waals surface area contributed by atoms with Crippen LogP contribution in [0.1, 0.15) is 23.9 Å². The van der Waals surface area contributed by atoms with Crippen LogP contribution in [0.3, 0.4) is 0 Å². The van der Waals surface area contributed by atoms with Gasteiger partial charge in [0.2, 0.25) is 5.91 Å². The zero-order valence-electron chi connectivity index (χ0n) is 10.8. The molecule has 0 saturated carbocycles. The van der Waals surface area contributed by atoms with E-state index in [1.165, 1.54) is 4.88 Å². The van der Waals surface area contributed by atoms with Crippen LogP contribution in [0, 0.1) is 0 Å². The van der Waals surface area contributed by atoms with Crippen LogP contribution < -0.4 is 11.1 Å². The second kappa shape index (κ2) is 8.71. The van der Waals surface area contributed by atoms with E-state index < -0.39 is 0 Å². The lowest BCUT2D eigenvalue weighted by molar-refractivity contribution is -0.116. The number of amides is 1. The molecule has 2 rings (SSSR count). The first-order valence-electron chi connectivity index (χ1n) is 5.93. The SMILES string of the molecule is CCN1CCc2nc(NC(=O)CCN)sc2C1.Cl.Cl. The van der Waals surface area contributed by atoms with Gasteiger partial charge in [0.15, 0.2) is 5.13 Å². The van der Waals surface area contributed by atoms with Gasteiger partial charge >= 0.3 is 0 Å². The van der Waals surface area contributed by atoms with E-state index in [0.717, 1.165) is 31.7 Å². The van der Waals surface area contributed by atoms with Crippen LogP contribution in [0.4, 0.5) is 5.13 Å². The number of carbonyl (C=O) groups is 1. The lowest BCUT2D eigenvalue weighted by Gasteiger charge is -2.23. The molecule has 0 unspecified atom stereocenters. The largest absolute Gasteiger partial charge is 0.330 e. The van der Waals surface area contributed by atoms with Gasteiger partial charge in [-0.25, -0.2) is 4.98 Å². The van der Waals surface area contributed by atoms with Gasteiger partial charge in [0, 0.05) is 37.4 Å². The van der Waals surface area contributed by atoms with Crippen molar-refractivity contribution < 1.29 is 4.79 Å². The van der Waals surface area contributed by atoms with Gasteiger partial charge in [-0.15, -0.1) is 36.2 Å². The average Bonchev–Trinajstić information content (AvgIpc) is 2.69. The topological polar surface area (TPSA) is 71.2 Å². The molecule has 0 bridgehead atoms. The van der Waals surface area contributed by atoms with Gasteiger partial charge < -0.3 is 11.1 Å². The third-order valence-corrected chi connectivity index (χ3v) is 3.87. The second-order valence-electron chi connectivity index (χ2n) is 4.09. The Labute approximate surface area is 129 Å². The summed E-state index contributed by atoms with van der Waals surface area (Å²) in [5.74, 6) is -0.0501. The Morgan fingerprint density at radius 1 is 1.53 bits per heavy atom. The molecular formula is C11H20Cl2N4OS. The monoisotopic (exact) mass is 326 g/mol. The summed E-state index contributed by atoms with van der Waals surface area (Å²) in [4.78, 5) is 19.5. The van der Waals surface area contributed by atoms with E-state index in [-0.39, 0.29) is 30.7 Å². The number of nitrogens with one attached hydrogen (secondary N) is 1. The summed E-state index contributed by atoms with van der Waals surface area (Å²) in [5.41, 5.74) is 6.47. The number of halogens is 2. The molecule has 0 saturated heterocycles. The number of nitrogens with two attached hydrogens (primary N) is 1. The summed E-state index contributed by atoms with van der Waals surface area (Å²) in [7, 11) is 0. The van der Waals surface area contributed by atoms with Gasteiger partial charge in [0.05, 0.1) is 5.69 Å². The first-order chi connectivity index (χ1) is 8.22. The van der Waals surface area contributed by atoms with Crippen molar-refractivity contribution in [1.82, 2.24) is 9.88 Å². The van der Waals surface area contributed by atoms with E-state index in [0.29, 0.717) is 18.1 Å². The number of aromatic nitrogens is 1. The van der Waals surface area contributed by atoms with Crippen molar-refractivity contribution in [3.8, 4) is 0 Å². The van der Waals surface area contributed by atoms with Crippen LogP contribution >= 0.6 is 36.2 Å². The smallest absolute Gasteiger partial charge is 0.227 e. The Morgan fingerprint density at radius 2 is 2.26 bits per heavy atom. The third kappa shape index (κ3) is 4.89. The highest BCUT2D eigenvalue weighted by atomic mass is 35.5. The molecule has 1 aliphatic rings. The average molecular weight is 327 g/mol. The number of anilines is 1. The fourth-order valence-corrected chi connectivity index (χ4v) is 2.95. The highest BCUT2D eigenvalue weighted by Crippen LogP contribution is 2.28. The minimum absolute atomic E-state index is 0. The highest BCUT2D eigenvalue weighted by molar-refractivity contribution is 7.15. The van der Waals surface area contributed by atoms with E-state index >= 15 is 0 Å². The number of carbonyl (C=O) groups excluding carboxylic acids is 1. The molecule has 0 spiro atoms. The molecule has 2 heterocycles. The normalized spacial score (nSPS) is 14.0. The van der Waals surface area contributed by atoms with Gasteiger partial charge in [-0.05, 0) is 6.54 Å². The number of hydrogen-bond acceptors (Lipinski definition) is 5. The zero-order chi connectivity index (χ0) is 12.3. The predicted molar refractivity (Wildman–Crippen MR) is 83.6 cm³/mol. The van der Waals surface area contributed by atoms with Gasteiger partial charge in [-0.3, -0.25) is 9.69 Å². The first kappa shape index (κ1) is 18.6. The third-order valence-electron chi connectivity index (χ3n) is 2.88. The molecule has 0 aliphatic carbocycles. The summed E-state index contributed by atoms with van der Waals surface area (Å²) in [6, 6.07) is 0. The maximum absolute atomic E-state index is 11.4. The van der Waals surface area contributed by atoms with Crippen LogP contribution in [-0.4, -0.2) is 35.4 Å². The lowest BCUT2D eigenvalue weighted by atomic mass is 10.2. The number of rotatable bonds is 4. The Morgan fingerprint density at radius 3 is 2.89 bits per heavy atom. The van der Waals surface area contributed by atoms with Crippen LogP contribution in [0.2, 0.25) is 0 Å². The first-order valence-corrected chi connectivity index (χ1v) is 6.75. The van der Waals surface area contributed by atoms with Gasteiger partial charge in [-0.2, -0.15) is 0 Å². The number of nitrogens with zero attached hydrogens (tertiary/aromatic N) is 2. The van der Waals surface area contributed by atoms with Gasteiger partial charge in [0.25, 0.3) is 0 Å². The van der Waals surface area contributed by atoms with E-state index in [9.17, 15) is 4.79 Å². The van der Waals surface area contributed by atoms with Crippen molar-refractivity contribution in [2.75, 3.05) is 25.0 Å². The van der Waals surface area contributed by atoms with E-state index in [1.54, 1.807) is 11.3 Å². The standard InChI is InChI=1S/C11H18N4OS.2ClH/c1-2-15-6-4-8-9(7-15)17-11(13-8)14-10(16)3-5-12;;/h2-7,12H2,1H3,(H,13,14,16);2*1H. The molecule has 1 amide bonds. The lowest BCUT2D eigenvalue weighted by Crippen LogP contribution is -2.29. The molecule has 1 aliphatic heterocycles. The van der Waals surface area contributed by atoms with Crippen molar-refractivity contribution in [2.45, 2.75) is 26.3 Å². The van der Waals surface area contributed by atoms with E-state index in [1.807, 2.05) is 0 Å². The predicted octanol–water partition coefficient (Wildman–Crippen LogP) is 1.65. The minimum atomic E-state index is -0.0501. The Kier molecular flexibility index (Phi) is 8.52. The van der Waals surface area contributed by atoms with E-state index in [2.05, 4.69) is 22.1 Å². The summed E-state index contributed by atoms with van der Waals surface area (Å²) in [5, 5.41) is 3.52. The van der Waals surface area contributed by atoms with Crippen LogP contribution in [0.25, 0.3) is 0 Å². The summed E-state index contributed by atoms with van der Waals surface area (Å²) < 4.78 is 0. The Bertz CT molecular complexity index is 413. The zero-order valence-corrected chi connectivity index (χ0v) is 13.3. The Hall–Kier alpha value is -0.400. The summed E-state index contributed by atoms with van der Waals surface area (Å²) in [6.45, 7) is 5.61. The van der Waals surface area contributed by atoms with Crippen LogP contribution in [-0.2, 0) is 17.8 Å². The molecule has 0 aromatic carbocycles. The van der Waals surface area contributed by atoms with Crippen LogP contribution in [0.15, 0.2) is 0 Å². The Balaban J connectivity index is 0.00000162. The molecule has 0 radical (unpaired) electrons. The molecular weight excluding hydrogens is 307 g/mol. The van der Waals surface area contributed by atoms with Gasteiger partial charge in [-0.1, -0.05) is 6.92 Å². The molecule has 1 aromatic heterocycles. The molecule has 110 valence electrons. The molecule has 0 fully saturated rings. The van der Waals surface area contributed by atoms with Crippen molar-refractivity contribution in [3.05, 3.63) is 10.6 Å². The molecule has 1 aromatic rings. The van der Waals surface area contributed by atoms with Gasteiger partial charge in [0.1, 0.15) is 0 Å². The fraction of sp³-hybridized carbons (Fsp3) is 0.636. The number of hydrogen-bond donors (Lipinski definition) is 2. The quantitative estimate of drug-likeness (QED) is 0.882. The highest BCUT2D eigenvalue weighted by Gasteiger charge is 2.20. The molecule has 0 atom stereocenters. The number of thiazole rings is 1. The molecule has 8 heteroatoms. The second-order valence-corrected chi connectivity index (χ2v) is 5.18. The maximum Gasteiger partial charge on any atom is 0.227 e. The molecule has 3 N–H and O–H groups in total. The summed E-state index contributed by atoms with van der Waals surface area (Å²) in [6.07, 6.45) is 1.33. The number of likely N-dealkylation sites (N-methyl/N-ethyl adjacent to an activating group) is 1. The summed E-state index contributed by atoms with van der Waals surface area (Å²) >= 11 is 1.58. The number of fused-ring (bicyclic) bond motifs is 1. The van der Waals surface area contributed by atoms with Crippen LogP contribution in [0.5, 0.6) is 0 Å². The van der Waals surface area contributed by atoms with E-state index in [4.69, 9.17) is 5.73 Å². The fourth-order valence-electron chi connectivity index (χ4n) is 1.88. The molecule has 19 heavy (non-hydrogen) atoms. The van der Waals surface area contributed by atoms with Crippen molar-refractivity contribution in [1.29, 1.82) is 0 Å². The van der Waals surface area contributed by atoms with Crippen molar-refractivity contribution >= 4 is 47.2 Å². The van der Waals surface area contributed by atoms with Crippen molar-refractivity contribution in [2.24, 2.45) is 5.73 Å². The van der Waals surface area contributed by atoms with Crippen molar-refractivity contribution in [3.63, 3.8) is 0 Å². The maximum atomic E-state index is 11.4. The molecule has 5 nitrogen and oxygen atoms in total.